The normalized spacial score (nSPS) is 12.9. The lowest BCUT2D eigenvalue weighted by Crippen LogP contribution is -2.14. The van der Waals surface area contributed by atoms with Crippen molar-refractivity contribution in [2.24, 2.45) is 0 Å². The SMILES string of the molecule is COc1ccc(C(O)CS(=O)(=O)c2ccccc2)cc1. The maximum atomic E-state index is 12.2. The molecule has 2 aromatic carbocycles. The molecule has 2 aromatic rings. The summed E-state index contributed by atoms with van der Waals surface area (Å²) in [7, 11) is -1.96. The minimum absolute atomic E-state index is 0.215. The topological polar surface area (TPSA) is 63.6 Å². The van der Waals surface area contributed by atoms with Crippen molar-refractivity contribution in [2.45, 2.75) is 11.0 Å². The summed E-state index contributed by atoms with van der Waals surface area (Å²) in [6.45, 7) is 0. The number of benzene rings is 2. The summed E-state index contributed by atoms with van der Waals surface area (Å²) in [5, 5.41) is 10.1. The number of ether oxygens (including phenoxy) is 1. The van der Waals surface area contributed by atoms with E-state index < -0.39 is 15.9 Å². The highest BCUT2D eigenvalue weighted by Gasteiger charge is 2.20. The fourth-order valence-corrected chi connectivity index (χ4v) is 3.23. The van der Waals surface area contributed by atoms with E-state index in [1.807, 2.05) is 0 Å². The first kappa shape index (κ1) is 14.6. The van der Waals surface area contributed by atoms with E-state index in [4.69, 9.17) is 4.74 Å². The molecule has 4 nitrogen and oxygen atoms in total. The Morgan fingerprint density at radius 3 is 2.20 bits per heavy atom. The Kier molecular flexibility index (Phi) is 4.42. The van der Waals surface area contributed by atoms with E-state index in [-0.39, 0.29) is 10.6 Å². The van der Waals surface area contributed by atoms with Gasteiger partial charge in [0.05, 0.1) is 23.9 Å². The fraction of sp³-hybridized carbons (Fsp3) is 0.200. The fourth-order valence-electron chi connectivity index (χ4n) is 1.85. The monoisotopic (exact) mass is 292 g/mol. The molecule has 0 aliphatic rings. The van der Waals surface area contributed by atoms with Gasteiger partial charge in [0.15, 0.2) is 9.84 Å². The third-order valence-electron chi connectivity index (χ3n) is 2.98. The van der Waals surface area contributed by atoms with Gasteiger partial charge in [-0.1, -0.05) is 30.3 Å². The highest BCUT2D eigenvalue weighted by molar-refractivity contribution is 7.91. The van der Waals surface area contributed by atoms with E-state index >= 15 is 0 Å². The molecule has 0 radical (unpaired) electrons. The van der Waals surface area contributed by atoms with E-state index in [1.165, 1.54) is 12.1 Å². The van der Waals surface area contributed by atoms with Crippen molar-refractivity contribution in [3.05, 3.63) is 60.2 Å². The molecule has 0 fully saturated rings. The minimum Gasteiger partial charge on any atom is -0.497 e. The number of methoxy groups -OCH3 is 1. The first-order valence-corrected chi connectivity index (χ1v) is 7.78. The van der Waals surface area contributed by atoms with Gasteiger partial charge in [-0.25, -0.2) is 8.42 Å². The second kappa shape index (κ2) is 6.07. The summed E-state index contributed by atoms with van der Waals surface area (Å²) in [6.07, 6.45) is -1.06. The molecule has 0 aliphatic heterocycles. The summed E-state index contributed by atoms with van der Waals surface area (Å²) >= 11 is 0. The summed E-state index contributed by atoms with van der Waals surface area (Å²) in [5.41, 5.74) is 0.547. The van der Waals surface area contributed by atoms with Crippen LogP contribution in [0.2, 0.25) is 0 Å². The van der Waals surface area contributed by atoms with Crippen LogP contribution < -0.4 is 4.74 Å². The van der Waals surface area contributed by atoms with Gasteiger partial charge >= 0.3 is 0 Å². The molecule has 20 heavy (non-hydrogen) atoms. The first-order valence-electron chi connectivity index (χ1n) is 6.13. The highest BCUT2D eigenvalue weighted by Crippen LogP contribution is 2.21. The molecule has 0 heterocycles. The maximum Gasteiger partial charge on any atom is 0.181 e. The summed E-state index contributed by atoms with van der Waals surface area (Å²) in [6, 6.07) is 14.8. The molecule has 0 amide bonds. The number of aliphatic hydroxyl groups is 1. The van der Waals surface area contributed by atoms with E-state index in [2.05, 4.69) is 0 Å². The lowest BCUT2D eigenvalue weighted by molar-refractivity contribution is 0.201. The van der Waals surface area contributed by atoms with Gasteiger partial charge < -0.3 is 9.84 Å². The van der Waals surface area contributed by atoms with Crippen LogP contribution >= 0.6 is 0 Å². The predicted molar refractivity (Wildman–Crippen MR) is 76.4 cm³/mol. The van der Waals surface area contributed by atoms with Gasteiger partial charge in [0.25, 0.3) is 0 Å². The lowest BCUT2D eigenvalue weighted by atomic mass is 10.1. The van der Waals surface area contributed by atoms with Crippen molar-refractivity contribution in [3.63, 3.8) is 0 Å². The molecular formula is C15H16O4S. The zero-order valence-corrected chi connectivity index (χ0v) is 11.9. The molecule has 1 atom stereocenters. The van der Waals surface area contributed by atoms with Gasteiger partial charge in [0, 0.05) is 0 Å². The van der Waals surface area contributed by atoms with E-state index in [1.54, 1.807) is 49.6 Å². The quantitative estimate of drug-likeness (QED) is 0.917. The molecule has 0 saturated heterocycles. The van der Waals surface area contributed by atoms with Crippen LogP contribution in [0.15, 0.2) is 59.5 Å². The van der Waals surface area contributed by atoms with Crippen LogP contribution in [0.25, 0.3) is 0 Å². The number of rotatable bonds is 5. The zero-order valence-electron chi connectivity index (χ0n) is 11.1. The molecule has 5 heteroatoms. The second-order valence-electron chi connectivity index (χ2n) is 4.38. The van der Waals surface area contributed by atoms with Crippen molar-refractivity contribution >= 4 is 9.84 Å². The second-order valence-corrected chi connectivity index (χ2v) is 6.42. The van der Waals surface area contributed by atoms with Crippen molar-refractivity contribution < 1.29 is 18.3 Å². The molecule has 0 aliphatic carbocycles. The number of sulfone groups is 1. The molecule has 0 saturated carbocycles. The average Bonchev–Trinajstić information content (AvgIpc) is 2.48. The third kappa shape index (κ3) is 3.37. The van der Waals surface area contributed by atoms with Gasteiger partial charge in [-0.3, -0.25) is 0 Å². The number of aliphatic hydroxyl groups excluding tert-OH is 1. The standard InChI is InChI=1S/C15H16O4S/c1-19-13-9-7-12(8-10-13)15(16)11-20(17,18)14-5-3-2-4-6-14/h2-10,15-16H,11H2,1H3. The molecule has 1 unspecified atom stereocenters. The van der Waals surface area contributed by atoms with Gasteiger partial charge in [0.1, 0.15) is 5.75 Å². The summed E-state index contributed by atoms with van der Waals surface area (Å²) in [5.74, 6) is 0.315. The van der Waals surface area contributed by atoms with Crippen molar-refractivity contribution in [1.29, 1.82) is 0 Å². The molecule has 2 rings (SSSR count). The van der Waals surface area contributed by atoms with Gasteiger partial charge in [-0.15, -0.1) is 0 Å². The van der Waals surface area contributed by atoms with Gasteiger partial charge in [0.2, 0.25) is 0 Å². The van der Waals surface area contributed by atoms with Crippen LogP contribution in [-0.2, 0) is 9.84 Å². The zero-order chi connectivity index (χ0) is 14.6. The molecule has 0 aromatic heterocycles. The maximum absolute atomic E-state index is 12.2. The van der Waals surface area contributed by atoms with E-state index in [9.17, 15) is 13.5 Å². The van der Waals surface area contributed by atoms with Crippen LogP contribution in [0, 0.1) is 0 Å². The predicted octanol–water partition coefficient (Wildman–Crippen LogP) is 2.20. The van der Waals surface area contributed by atoms with E-state index in [0.29, 0.717) is 11.3 Å². The highest BCUT2D eigenvalue weighted by atomic mass is 32.2. The number of hydrogen-bond donors (Lipinski definition) is 1. The van der Waals surface area contributed by atoms with Crippen molar-refractivity contribution in [1.82, 2.24) is 0 Å². The largest absolute Gasteiger partial charge is 0.497 e. The molecule has 0 spiro atoms. The van der Waals surface area contributed by atoms with Crippen LogP contribution in [0.1, 0.15) is 11.7 Å². The Hall–Kier alpha value is -1.85. The van der Waals surface area contributed by atoms with Crippen LogP contribution in [0.3, 0.4) is 0 Å². The van der Waals surface area contributed by atoms with Crippen LogP contribution in [0.4, 0.5) is 0 Å². The minimum atomic E-state index is -3.50. The van der Waals surface area contributed by atoms with E-state index in [0.717, 1.165) is 0 Å². The smallest absolute Gasteiger partial charge is 0.181 e. The molecule has 0 bridgehead atoms. The van der Waals surface area contributed by atoms with Crippen molar-refractivity contribution in [3.8, 4) is 5.75 Å². The summed E-state index contributed by atoms with van der Waals surface area (Å²) in [4.78, 5) is 0.215. The number of hydrogen-bond acceptors (Lipinski definition) is 4. The van der Waals surface area contributed by atoms with Crippen LogP contribution in [0.5, 0.6) is 5.75 Å². The Bertz CT molecular complexity index is 648. The molecule has 106 valence electrons. The van der Waals surface area contributed by atoms with Crippen LogP contribution in [-0.4, -0.2) is 26.4 Å². The molecule has 1 N–H and O–H groups in total. The Morgan fingerprint density at radius 1 is 1.05 bits per heavy atom. The lowest BCUT2D eigenvalue weighted by Gasteiger charge is -2.12. The molecular weight excluding hydrogens is 276 g/mol. The third-order valence-corrected chi connectivity index (χ3v) is 4.73. The Balaban J connectivity index is 2.16. The Morgan fingerprint density at radius 2 is 1.65 bits per heavy atom. The van der Waals surface area contributed by atoms with Gasteiger partial charge in [-0.05, 0) is 29.8 Å². The van der Waals surface area contributed by atoms with Crippen molar-refractivity contribution in [2.75, 3.05) is 12.9 Å². The first-order chi connectivity index (χ1) is 9.53. The summed E-state index contributed by atoms with van der Waals surface area (Å²) < 4.78 is 29.3. The van der Waals surface area contributed by atoms with Gasteiger partial charge in [-0.2, -0.15) is 0 Å². The Labute approximate surface area is 118 Å². The average molecular weight is 292 g/mol.